The quantitative estimate of drug-likeness (QED) is 0.387. The Morgan fingerprint density at radius 3 is 2.67 bits per heavy atom. The van der Waals surface area contributed by atoms with Crippen molar-refractivity contribution < 1.29 is 4.52 Å². The highest BCUT2D eigenvalue weighted by Crippen LogP contribution is 2.25. The van der Waals surface area contributed by atoms with Crippen molar-refractivity contribution in [1.29, 1.82) is 0 Å². The molecule has 30 heavy (non-hydrogen) atoms. The molecule has 0 amide bonds. The maximum atomic E-state index is 12.9. The van der Waals surface area contributed by atoms with Gasteiger partial charge < -0.3 is 4.52 Å². The van der Waals surface area contributed by atoms with E-state index in [1.54, 1.807) is 4.57 Å². The maximum absolute atomic E-state index is 12.9. The van der Waals surface area contributed by atoms with Crippen molar-refractivity contribution in [3.8, 4) is 11.4 Å². The van der Waals surface area contributed by atoms with Gasteiger partial charge in [-0.05, 0) is 18.6 Å². The zero-order valence-corrected chi connectivity index (χ0v) is 17.0. The first-order chi connectivity index (χ1) is 14.8. The van der Waals surface area contributed by atoms with Crippen molar-refractivity contribution in [3.05, 3.63) is 70.8 Å². The Balaban J connectivity index is 1.51. The number of hydrogen-bond donors (Lipinski definition) is 0. The van der Waals surface area contributed by atoms with E-state index in [0.717, 1.165) is 17.5 Å². The molecule has 0 bridgehead atoms. The third kappa shape index (κ3) is 3.17. The largest absolute Gasteiger partial charge is 0.338 e. The molecule has 0 aliphatic heterocycles. The van der Waals surface area contributed by atoms with Gasteiger partial charge in [0.15, 0.2) is 5.16 Å². The number of fused-ring (bicyclic) bond motifs is 3. The predicted octanol–water partition coefficient (Wildman–Crippen LogP) is 3.80. The van der Waals surface area contributed by atoms with Gasteiger partial charge in [0.2, 0.25) is 17.5 Å². The van der Waals surface area contributed by atoms with Crippen molar-refractivity contribution in [1.82, 2.24) is 29.3 Å². The molecule has 3 aromatic heterocycles. The monoisotopic (exact) mass is 418 g/mol. The molecule has 150 valence electrons. The van der Waals surface area contributed by atoms with Crippen molar-refractivity contribution in [2.45, 2.75) is 30.8 Å². The second-order valence-corrected chi connectivity index (χ2v) is 7.70. The Bertz CT molecular complexity index is 1390. The number of aryl methyl sites for hydroxylation is 1. The number of hydrogen-bond acceptors (Lipinski definition) is 7. The minimum Gasteiger partial charge on any atom is -0.338 e. The van der Waals surface area contributed by atoms with Crippen LogP contribution in [0.5, 0.6) is 0 Å². The van der Waals surface area contributed by atoms with Gasteiger partial charge in [-0.2, -0.15) is 4.98 Å². The van der Waals surface area contributed by atoms with Gasteiger partial charge >= 0.3 is 0 Å². The van der Waals surface area contributed by atoms with E-state index in [-0.39, 0.29) is 5.56 Å². The standard InChI is InChI=1S/C21H18N6O2S/c1-2-12-26-19(28)15-10-6-7-11-16(15)27-20(26)23-24-21(27)30-13-17-22-18(25-29-17)14-8-4-3-5-9-14/h3-11H,2,12-13H2,1H3. The summed E-state index contributed by atoms with van der Waals surface area (Å²) in [7, 11) is 0. The van der Waals surface area contributed by atoms with Crippen LogP contribution < -0.4 is 5.56 Å². The van der Waals surface area contributed by atoms with E-state index >= 15 is 0 Å². The first kappa shape index (κ1) is 18.6. The third-order valence-electron chi connectivity index (χ3n) is 4.75. The van der Waals surface area contributed by atoms with Gasteiger partial charge in [-0.1, -0.05) is 66.3 Å². The Morgan fingerprint density at radius 2 is 1.83 bits per heavy atom. The predicted molar refractivity (Wildman–Crippen MR) is 114 cm³/mol. The van der Waals surface area contributed by atoms with Crippen molar-refractivity contribution in [2.75, 3.05) is 0 Å². The Morgan fingerprint density at radius 1 is 1.03 bits per heavy atom. The molecule has 2 aromatic carbocycles. The third-order valence-corrected chi connectivity index (χ3v) is 5.66. The van der Waals surface area contributed by atoms with E-state index < -0.39 is 0 Å². The molecule has 0 saturated carbocycles. The first-order valence-electron chi connectivity index (χ1n) is 9.63. The van der Waals surface area contributed by atoms with Crippen LogP contribution >= 0.6 is 11.8 Å². The van der Waals surface area contributed by atoms with E-state index in [0.29, 0.717) is 40.3 Å². The molecule has 5 rings (SSSR count). The summed E-state index contributed by atoms with van der Waals surface area (Å²) in [5.74, 6) is 2.04. The normalized spacial score (nSPS) is 11.5. The van der Waals surface area contributed by atoms with Crippen LogP contribution in [0.3, 0.4) is 0 Å². The summed E-state index contributed by atoms with van der Waals surface area (Å²) in [5, 5.41) is 14.0. The van der Waals surface area contributed by atoms with Gasteiger partial charge in [0, 0.05) is 12.1 Å². The Kier molecular flexibility index (Phi) is 4.80. The van der Waals surface area contributed by atoms with Gasteiger partial charge in [-0.3, -0.25) is 13.8 Å². The van der Waals surface area contributed by atoms with Gasteiger partial charge in [-0.15, -0.1) is 10.2 Å². The average molecular weight is 418 g/mol. The van der Waals surface area contributed by atoms with Crippen LogP contribution in [-0.2, 0) is 12.3 Å². The molecule has 0 atom stereocenters. The van der Waals surface area contributed by atoms with Crippen molar-refractivity contribution in [3.63, 3.8) is 0 Å². The van der Waals surface area contributed by atoms with Crippen LogP contribution in [-0.4, -0.2) is 29.3 Å². The molecule has 0 fully saturated rings. The van der Waals surface area contributed by atoms with Gasteiger partial charge in [0.1, 0.15) is 0 Å². The highest BCUT2D eigenvalue weighted by atomic mass is 32.2. The van der Waals surface area contributed by atoms with Crippen molar-refractivity contribution >= 4 is 28.4 Å². The summed E-state index contributed by atoms with van der Waals surface area (Å²) in [6, 6.07) is 17.2. The van der Waals surface area contributed by atoms with E-state index in [1.807, 2.05) is 65.9 Å². The van der Waals surface area contributed by atoms with E-state index in [4.69, 9.17) is 4.52 Å². The van der Waals surface area contributed by atoms with E-state index in [2.05, 4.69) is 20.3 Å². The molecule has 0 saturated heterocycles. The highest BCUT2D eigenvalue weighted by Gasteiger charge is 2.17. The van der Waals surface area contributed by atoms with Crippen LogP contribution in [0.2, 0.25) is 0 Å². The van der Waals surface area contributed by atoms with Gasteiger partial charge in [0.25, 0.3) is 5.56 Å². The van der Waals surface area contributed by atoms with Crippen LogP contribution in [0, 0.1) is 0 Å². The summed E-state index contributed by atoms with van der Waals surface area (Å²) in [6.45, 7) is 2.62. The SMILES string of the molecule is CCCn1c(=O)c2ccccc2n2c(SCc3nc(-c4ccccc4)no3)nnc12. The highest BCUT2D eigenvalue weighted by molar-refractivity contribution is 7.98. The topological polar surface area (TPSA) is 91.1 Å². The molecular weight excluding hydrogens is 400 g/mol. The molecule has 0 aliphatic rings. The van der Waals surface area contributed by atoms with E-state index in [9.17, 15) is 4.79 Å². The minimum atomic E-state index is -0.0479. The summed E-state index contributed by atoms with van der Waals surface area (Å²) in [5.41, 5.74) is 1.64. The van der Waals surface area contributed by atoms with Crippen LogP contribution in [0.15, 0.2) is 69.1 Å². The summed E-state index contributed by atoms with van der Waals surface area (Å²) in [4.78, 5) is 17.4. The fraction of sp³-hybridized carbons (Fsp3) is 0.190. The molecule has 0 N–H and O–H groups in total. The lowest BCUT2D eigenvalue weighted by atomic mass is 10.2. The molecular formula is C21H18N6O2S. The maximum Gasteiger partial charge on any atom is 0.262 e. The second-order valence-electron chi connectivity index (χ2n) is 6.76. The molecule has 8 nitrogen and oxygen atoms in total. The van der Waals surface area contributed by atoms with Crippen LogP contribution in [0.4, 0.5) is 0 Å². The lowest BCUT2D eigenvalue weighted by molar-refractivity contribution is 0.391. The minimum absolute atomic E-state index is 0.0479. The number of benzene rings is 2. The summed E-state index contributed by atoms with van der Waals surface area (Å²) < 4.78 is 9.01. The number of rotatable bonds is 6. The lowest BCUT2D eigenvalue weighted by Gasteiger charge is -2.10. The summed E-state index contributed by atoms with van der Waals surface area (Å²) in [6.07, 6.45) is 0.827. The summed E-state index contributed by atoms with van der Waals surface area (Å²) >= 11 is 1.44. The molecule has 9 heteroatoms. The van der Waals surface area contributed by atoms with Gasteiger partial charge in [-0.25, -0.2) is 0 Å². The van der Waals surface area contributed by atoms with Crippen molar-refractivity contribution in [2.24, 2.45) is 0 Å². The zero-order chi connectivity index (χ0) is 20.5. The first-order valence-corrected chi connectivity index (χ1v) is 10.6. The number of para-hydroxylation sites is 1. The molecule has 0 radical (unpaired) electrons. The Hall–Kier alpha value is -3.46. The van der Waals surface area contributed by atoms with Crippen LogP contribution in [0.25, 0.3) is 28.1 Å². The number of nitrogens with zero attached hydrogens (tertiary/aromatic N) is 6. The average Bonchev–Trinajstić information content (AvgIpc) is 3.43. The smallest absolute Gasteiger partial charge is 0.262 e. The van der Waals surface area contributed by atoms with E-state index in [1.165, 1.54) is 11.8 Å². The zero-order valence-electron chi connectivity index (χ0n) is 16.2. The van der Waals surface area contributed by atoms with Gasteiger partial charge in [0.05, 0.1) is 16.7 Å². The van der Waals surface area contributed by atoms with Crippen LogP contribution in [0.1, 0.15) is 19.2 Å². The molecule has 0 spiro atoms. The number of aromatic nitrogens is 6. The fourth-order valence-electron chi connectivity index (χ4n) is 3.40. The molecule has 0 unspecified atom stereocenters. The number of thioether (sulfide) groups is 1. The molecule has 5 aromatic rings. The fourth-order valence-corrected chi connectivity index (χ4v) is 4.17. The Labute approximate surface area is 175 Å². The molecule has 0 aliphatic carbocycles. The second kappa shape index (κ2) is 7.75. The molecule has 3 heterocycles. The lowest BCUT2D eigenvalue weighted by Crippen LogP contribution is -2.23.